The molecule has 6 heteroatoms. The van der Waals surface area contributed by atoms with E-state index in [4.69, 9.17) is 5.84 Å². The van der Waals surface area contributed by atoms with E-state index in [1.807, 2.05) is 0 Å². The van der Waals surface area contributed by atoms with Gasteiger partial charge in [0, 0.05) is 37.8 Å². The first kappa shape index (κ1) is 16.3. The van der Waals surface area contributed by atoms with Crippen LogP contribution in [0.25, 0.3) is 0 Å². The van der Waals surface area contributed by atoms with Gasteiger partial charge in [0.15, 0.2) is 0 Å². The number of hydrazine groups is 1. The normalized spacial score (nSPS) is 22.4. The SMILES string of the molecule is CN1CCN(C)C(CC(Cc2cc(F)cc(F)c2)NN)C1. The lowest BCUT2D eigenvalue weighted by molar-refractivity contribution is 0.101. The molecule has 3 N–H and O–H groups in total. The molecule has 1 aliphatic heterocycles. The maximum absolute atomic E-state index is 13.2. The second-order valence-electron chi connectivity index (χ2n) is 5.98. The molecule has 1 aliphatic rings. The minimum atomic E-state index is -0.546. The fourth-order valence-electron chi connectivity index (χ4n) is 2.91. The third kappa shape index (κ3) is 4.71. The zero-order valence-corrected chi connectivity index (χ0v) is 12.6. The Morgan fingerprint density at radius 2 is 1.90 bits per heavy atom. The highest BCUT2D eigenvalue weighted by Gasteiger charge is 2.25. The summed E-state index contributed by atoms with van der Waals surface area (Å²) in [4.78, 5) is 4.61. The van der Waals surface area contributed by atoms with E-state index in [0.29, 0.717) is 18.0 Å². The Balaban J connectivity index is 1.99. The highest BCUT2D eigenvalue weighted by Crippen LogP contribution is 2.16. The number of nitrogens with two attached hydrogens (primary N) is 1. The van der Waals surface area contributed by atoms with Gasteiger partial charge in [-0.3, -0.25) is 11.3 Å². The summed E-state index contributed by atoms with van der Waals surface area (Å²) >= 11 is 0. The van der Waals surface area contributed by atoms with Crippen LogP contribution >= 0.6 is 0 Å². The molecule has 1 aromatic carbocycles. The molecule has 0 radical (unpaired) electrons. The summed E-state index contributed by atoms with van der Waals surface area (Å²) in [6, 6.07) is 4.00. The van der Waals surface area contributed by atoms with Crippen molar-refractivity contribution in [1.29, 1.82) is 0 Å². The first-order valence-corrected chi connectivity index (χ1v) is 7.28. The number of benzene rings is 1. The lowest BCUT2D eigenvalue weighted by atomic mass is 9.97. The molecule has 2 rings (SSSR count). The van der Waals surface area contributed by atoms with E-state index < -0.39 is 11.6 Å². The van der Waals surface area contributed by atoms with Crippen LogP contribution in [0, 0.1) is 11.6 Å². The average molecular weight is 298 g/mol. The predicted octanol–water partition coefficient (Wildman–Crippen LogP) is 0.975. The van der Waals surface area contributed by atoms with Crippen LogP contribution in [0.3, 0.4) is 0 Å². The average Bonchev–Trinajstić information content (AvgIpc) is 2.41. The molecule has 0 saturated carbocycles. The Kier molecular flexibility index (Phi) is 5.64. The largest absolute Gasteiger partial charge is 0.304 e. The number of hydrogen-bond donors (Lipinski definition) is 2. The van der Waals surface area contributed by atoms with E-state index in [2.05, 4.69) is 29.3 Å². The van der Waals surface area contributed by atoms with Gasteiger partial charge in [-0.2, -0.15) is 0 Å². The molecule has 0 bridgehead atoms. The van der Waals surface area contributed by atoms with Crippen molar-refractivity contribution in [2.24, 2.45) is 5.84 Å². The van der Waals surface area contributed by atoms with E-state index in [-0.39, 0.29) is 6.04 Å². The lowest BCUT2D eigenvalue weighted by Crippen LogP contribution is -2.53. The van der Waals surface area contributed by atoms with Crippen molar-refractivity contribution in [3.8, 4) is 0 Å². The molecule has 1 fully saturated rings. The quantitative estimate of drug-likeness (QED) is 0.628. The van der Waals surface area contributed by atoms with Gasteiger partial charge in [0.1, 0.15) is 11.6 Å². The van der Waals surface area contributed by atoms with Crippen molar-refractivity contribution in [1.82, 2.24) is 15.2 Å². The molecule has 0 aromatic heterocycles. The van der Waals surface area contributed by atoms with E-state index in [1.165, 1.54) is 12.1 Å². The first-order chi connectivity index (χ1) is 9.97. The van der Waals surface area contributed by atoms with Crippen LogP contribution < -0.4 is 11.3 Å². The van der Waals surface area contributed by atoms with Gasteiger partial charge in [0.2, 0.25) is 0 Å². The van der Waals surface area contributed by atoms with Gasteiger partial charge in [0.05, 0.1) is 0 Å². The molecule has 1 heterocycles. The Morgan fingerprint density at radius 1 is 1.24 bits per heavy atom. The van der Waals surface area contributed by atoms with Gasteiger partial charge >= 0.3 is 0 Å². The van der Waals surface area contributed by atoms with E-state index in [1.54, 1.807) is 0 Å². The molecular formula is C15H24F2N4. The third-order valence-corrected chi connectivity index (χ3v) is 4.18. The molecule has 0 amide bonds. The van der Waals surface area contributed by atoms with E-state index in [0.717, 1.165) is 32.1 Å². The summed E-state index contributed by atoms with van der Waals surface area (Å²) in [5.74, 6) is 4.53. The maximum Gasteiger partial charge on any atom is 0.126 e. The van der Waals surface area contributed by atoms with Crippen molar-refractivity contribution in [2.45, 2.75) is 24.9 Å². The second kappa shape index (κ2) is 7.26. The van der Waals surface area contributed by atoms with Gasteiger partial charge in [-0.05, 0) is 44.6 Å². The van der Waals surface area contributed by atoms with Crippen LogP contribution in [0.4, 0.5) is 8.78 Å². The number of nitrogens with one attached hydrogen (secondary N) is 1. The summed E-state index contributed by atoms with van der Waals surface area (Å²) in [7, 11) is 4.21. The van der Waals surface area contributed by atoms with Crippen LogP contribution in [0.15, 0.2) is 18.2 Å². The van der Waals surface area contributed by atoms with Crippen molar-refractivity contribution in [2.75, 3.05) is 33.7 Å². The first-order valence-electron chi connectivity index (χ1n) is 7.28. The van der Waals surface area contributed by atoms with Crippen LogP contribution in [-0.4, -0.2) is 55.6 Å². The number of rotatable bonds is 5. The number of halogens is 2. The summed E-state index contributed by atoms with van der Waals surface area (Å²) in [5.41, 5.74) is 3.41. The fraction of sp³-hybridized carbons (Fsp3) is 0.600. The second-order valence-corrected chi connectivity index (χ2v) is 5.98. The molecule has 1 saturated heterocycles. The summed E-state index contributed by atoms with van der Waals surface area (Å²) in [6.45, 7) is 3.06. The van der Waals surface area contributed by atoms with Crippen LogP contribution in [-0.2, 0) is 6.42 Å². The highest BCUT2D eigenvalue weighted by molar-refractivity contribution is 5.19. The monoisotopic (exact) mass is 298 g/mol. The standard InChI is InChI=1S/C15H24F2N4/c1-20-3-4-21(2)15(10-20)9-14(19-18)7-11-5-12(16)8-13(17)6-11/h5-6,8,14-15,19H,3-4,7,9-10,18H2,1-2H3. The van der Waals surface area contributed by atoms with Gasteiger partial charge < -0.3 is 9.80 Å². The Morgan fingerprint density at radius 3 is 2.52 bits per heavy atom. The highest BCUT2D eigenvalue weighted by atomic mass is 19.1. The summed E-state index contributed by atoms with van der Waals surface area (Å²) < 4.78 is 26.5. The van der Waals surface area contributed by atoms with Crippen LogP contribution in [0.5, 0.6) is 0 Å². The topological polar surface area (TPSA) is 44.5 Å². The summed E-state index contributed by atoms with van der Waals surface area (Å²) in [5, 5.41) is 0. The molecule has 21 heavy (non-hydrogen) atoms. The summed E-state index contributed by atoms with van der Waals surface area (Å²) in [6.07, 6.45) is 1.36. The number of hydrogen-bond acceptors (Lipinski definition) is 4. The van der Waals surface area contributed by atoms with Crippen molar-refractivity contribution >= 4 is 0 Å². The molecule has 2 unspecified atom stereocenters. The van der Waals surface area contributed by atoms with Crippen molar-refractivity contribution in [3.05, 3.63) is 35.4 Å². The van der Waals surface area contributed by atoms with E-state index in [9.17, 15) is 8.78 Å². The molecular weight excluding hydrogens is 274 g/mol. The van der Waals surface area contributed by atoms with Crippen molar-refractivity contribution < 1.29 is 8.78 Å². The number of nitrogens with zero attached hydrogens (tertiary/aromatic N) is 2. The number of piperazine rings is 1. The Hall–Kier alpha value is -1.08. The number of likely N-dealkylation sites (N-methyl/N-ethyl adjacent to an activating group) is 2. The smallest absolute Gasteiger partial charge is 0.126 e. The minimum absolute atomic E-state index is 0.00912. The molecule has 4 nitrogen and oxygen atoms in total. The maximum atomic E-state index is 13.2. The molecule has 2 atom stereocenters. The van der Waals surface area contributed by atoms with Gasteiger partial charge in [0.25, 0.3) is 0 Å². The molecule has 1 aromatic rings. The molecule has 0 spiro atoms. The fourth-order valence-corrected chi connectivity index (χ4v) is 2.91. The van der Waals surface area contributed by atoms with Gasteiger partial charge in [-0.15, -0.1) is 0 Å². The van der Waals surface area contributed by atoms with Crippen LogP contribution in [0.1, 0.15) is 12.0 Å². The minimum Gasteiger partial charge on any atom is -0.304 e. The van der Waals surface area contributed by atoms with Gasteiger partial charge in [-0.25, -0.2) is 8.78 Å². The lowest BCUT2D eigenvalue weighted by Gasteiger charge is -2.39. The molecule has 0 aliphatic carbocycles. The zero-order chi connectivity index (χ0) is 15.4. The Labute approximate surface area is 124 Å². The van der Waals surface area contributed by atoms with Gasteiger partial charge in [-0.1, -0.05) is 0 Å². The van der Waals surface area contributed by atoms with Crippen LogP contribution in [0.2, 0.25) is 0 Å². The van der Waals surface area contributed by atoms with Crippen molar-refractivity contribution in [3.63, 3.8) is 0 Å². The van der Waals surface area contributed by atoms with E-state index >= 15 is 0 Å². The zero-order valence-electron chi connectivity index (χ0n) is 12.6. The Bertz CT molecular complexity index is 449. The molecule has 118 valence electrons. The predicted molar refractivity (Wildman–Crippen MR) is 79.7 cm³/mol. The third-order valence-electron chi connectivity index (χ3n) is 4.18.